The van der Waals surface area contributed by atoms with Crippen molar-refractivity contribution < 1.29 is 23.8 Å². The number of carbonyl (C=O) groups excluding carboxylic acids is 2. The summed E-state index contributed by atoms with van der Waals surface area (Å²) in [5.41, 5.74) is -1.10. The summed E-state index contributed by atoms with van der Waals surface area (Å²) in [6.07, 6.45) is -0.107. The number of methoxy groups -OCH3 is 1. The van der Waals surface area contributed by atoms with Crippen molar-refractivity contribution in [3.63, 3.8) is 0 Å². The van der Waals surface area contributed by atoms with Gasteiger partial charge in [0.1, 0.15) is 50.1 Å². The smallest absolute Gasteiger partial charge is 0.423 e. The Bertz CT molecular complexity index is 1040. The van der Waals surface area contributed by atoms with Crippen LogP contribution in [0.25, 0.3) is 0 Å². The van der Waals surface area contributed by atoms with Crippen LogP contribution in [0.5, 0.6) is 11.5 Å². The van der Waals surface area contributed by atoms with Crippen LogP contribution in [0, 0.1) is 0 Å². The minimum Gasteiger partial charge on any atom is -0.495 e. The molecule has 180 valence electrons. The van der Waals surface area contributed by atoms with Gasteiger partial charge in [-0.05, 0) is 34.6 Å². The van der Waals surface area contributed by atoms with Gasteiger partial charge in [0.2, 0.25) is 0 Å². The van der Waals surface area contributed by atoms with Crippen LogP contribution >= 0.6 is 34.8 Å². The SMILES string of the molecule is COc1cc(OC(C)C)c(Cl)c(N(C(=O)OC(C)(C)C)C(=O)N(C)c2cc(Cl)ncn2)c1Cl. The molecule has 0 N–H and O–H groups in total. The highest BCUT2D eigenvalue weighted by Gasteiger charge is 2.37. The number of anilines is 2. The van der Waals surface area contributed by atoms with Crippen molar-refractivity contribution >= 4 is 58.4 Å². The lowest BCUT2D eigenvalue weighted by Crippen LogP contribution is -2.47. The van der Waals surface area contributed by atoms with E-state index in [9.17, 15) is 9.59 Å². The Balaban J connectivity index is 2.73. The molecule has 2 rings (SSSR count). The van der Waals surface area contributed by atoms with Gasteiger partial charge < -0.3 is 14.2 Å². The van der Waals surface area contributed by atoms with E-state index < -0.39 is 17.7 Å². The van der Waals surface area contributed by atoms with Gasteiger partial charge in [0.15, 0.2) is 0 Å². The van der Waals surface area contributed by atoms with E-state index in [1.165, 1.54) is 32.6 Å². The number of hydrogen-bond donors (Lipinski definition) is 0. The zero-order valence-electron chi connectivity index (χ0n) is 19.3. The molecule has 0 fully saturated rings. The molecular weight excluding hydrogens is 495 g/mol. The lowest BCUT2D eigenvalue weighted by Gasteiger charge is -2.30. The van der Waals surface area contributed by atoms with Gasteiger partial charge in [-0.3, -0.25) is 4.90 Å². The number of nitrogens with zero attached hydrogens (tertiary/aromatic N) is 4. The van der Waals surface area contributed by atoms with Gasteiger partial charge >= 0.3 is 12.1 Å². The van der Waals surface area contributed by atoms with Gasteiger partial charge in [-0.25, -0.2) is 19.6 Å². The fourth-order valence-electron chi connectivity index (χ4n) is 2.59. The van der Waals surface area contributed by atoms with Crippen LogP contribution in [0.15, 0.2) is 18.5 Å². The molecule has 0 aliphatic heterocycles. The van der Waals surface area contributed by atoms with E-state index in [-0.39, 0.29) is 44.3 Å². The molecule has 1 aromatic carbocycles. The number of hydrogen-bond acceptors (Lipinski definition) is 7. The summed E-state index contributed by atoms with van der Waals surface area (Å²) in [4.78, 5) is 36.4. The maximum absolute atomic E-state index is 13.6. The molecule has 0 atom stereocenters. The highest BCUT2D eigenvalue weighted by atomic mass is 35.5. The van der Waals surface area contributed by atoms with Crippen molar-refractivity contribution in [2.75, 3.05) is 24.0 Å². The molecule has 0 aliphatic rings. The van der Waals surface area contributed by atoms with E-state index in [0.29, 0.717) is 4.90 Å². The first kappa shape index (κ1) is 26.8. The maximum Gasteiger partial charge on any atom is 0.423 e. The van der Waals surface area contributed by atoms with Crippen molar-refractivity contribution in [2.45, 2.75) is 46.3 Å². The van der Waals surface area contributed by atoms with Crippen LogP contribution in [0.3, 0.4) is 0 Å². The van der Waals surface area contributed by atoms with Gasteiger partial charge in [-0.15, -0.1) is 0 Å². The van der Waals surface area contributed by atoms with E-state index >= 15 is 0 Å². The van der Waals surface area contributed by atoms with Gasteiger partial charge in [0.05, 0.1) is 13.2 Å². The molecule has 0 aliphatic carbocycles. The normalized spacial score (nSPS) is 11.2. The Labute approximate surface area is 207 Å². The first-order chi connectivity index (χ1) is 15.3. The number of urea groups is 1. The molecule has 0 saturated carbocycles. The topological polar surface area (TPSA) is 94.1 Å². The number of amides is 3. The zero-order chi connectivity index (χ0) is 25.1. The summed E-state index contributed by atoms with van der Waals surface area (Å²) >= 11 is 19.0. The Morgan fingerprint density at radius 3 is 2.15 bits per heavy atom. The number of rotatable bonds is 5. The van der Waals surface area contributed by atoms with Crippen LogP contribution < -0.4 is 19.3 Å². The summed E-state index contributed by atoms with van der Waals surface area (Å²) in [5.74, 6) is 0.431. The third-order valence-electron chi connectivity index (χ3n) is 3.93. The third-order valence-corrected chi connectivity index (χ3v) is 4.87. The molecule has 0 spiro atoms. The molecule has 1 heterocycles. The average molecular weight is 520 g/mol. The molecule has 0 saturated heterocycles. The summed E-state index contributed by atoms with van der Waals surface area (Å²) in [5, 5.41) is -0.0664. The number of imide groups is 1. The van der Waals surface area contributed by atoms with E-state index in [4.69, 9.17) is 49.0 Å². The third kappa shape index (κ3) is 6.52. The van der Waals surface area contributed by atoms with Crippen molar-refractivity contribution in [3.8, 4) is 11.5 Å². The summed E-state index contributed by atoms with van der Waals surface area (Å²) < 4.78 is 16.5. The second-order valence-corrected chi connectivity index (χ2v) is 9.22. The average Bonchev–Trinajstić information content (AvgIpc) is 2.70. The fraction of sp³-hybridized carbons (Fsp3) is 0.429. The summed E-state index contributed by atoms with van der Waals surface area (Å²) in [6.45, 7) is 8.55. The predicted octanol–water partition coefficient (Wildman–Crippen LogP) is 6.23. The van der Waals surface area contributed by atoms with Crippen LogP contribution in [-0.4, -0.2) is 48.0 Å². The summed E-state index contributed by atoms with van der Waals surface area (Å²) in [7, 11) is 2.78. The molecule has 0 bridgehead atoms. The standard InChI is InChI=1S/C21H25Cl3N4O5/c1-11(2)32-13-8-12(31-7)16(23)18(17(13)24)28(20(30)33-21(3,4)5)19(29)27(6)15-9-14(22)25-10-26-15/h8-11H,1-7H3. The van der Waals surface area contributed by atoms with Crippen molar-refractivity contribution in [1.29, 1.82) is 0 Å². The highest BCUT2D eigenvalue weighted by Crippen LogP contribution is 2.47. The Hall–Kier alpha value is -2.49. The molecule has 0 unspecified atom stereocenters. The van der Waals surface area contributed by atoms with Crippen LogP contribution in [0.2, 0.25) is 15.2 Å². The molecule has 0 radical (unpaired) electrons. The first-order valence-electron chi connectivity index (χ1n) is 9.77. The minimum atomic E-state index is -1.02. The zero-order valence-corrected chi connectivity index (χ0v) is 21.5. The van der Waals surface area contributed by atoms with Gasteiger partial charge in [0, 0.05) is 19.2 Å². The van der Waals surface area contributed by atoms with E-state index in [1.54, 1.807) is 34.6 Å². The van der Waals surface area contributed by atoms with Gasteiger partial charge in [-0.1, -0.05) is 34.8 Å². The Morgan fingerprint density at radius 1 is 1.03 bits per heavy atom. The van der Waals surface area contributed by atoms with E-state index in [2.05, 4.69) is 9.97 Å². The lowest BCUT2D eigenvalue weighted by molar-refractivity contribution is 0.0594. The number of halogens is 3. The van der Waals surface area contributed by atoms with Crippen LogP contribution in [0.1, 0.15) is 34.6 Å². The second kappa shape index (κ2) is 10.6. The fourth-order valence-corrected chi connectivity index (χ4v) is 3.37. The van der Waals surface area contributed by atoms with E-state index in [0.717, 1.165) is 4.90 Å². The number of aromatic nitrogens is 2. The second-order valence-electron chi connectivity index (χ2n) is 8.08. The molecule has 2 aromatic rings. The lowest BCUT2D eigenvalue weighted by atomic mass is 10.2. The van der Waals surface area contributed by atoms with E-state index in [1.807, 2.05) is 0 Å². The first-order valence-corrected chi connectivity index (χ1v) is 10.9. The molecule has 3 amide bonds. The van der Waals surface area contributed by atoms with Crippen molar-refractivity contribution in [3.05, 3.63) is 33.7 Å². The highest BCUT2D eigenvalue weighted by molar-refractivity contribution is 6.43. The Morgan fingerprint density at radius 2 is 1.64 bits per heavy atom. The number of carbonyl (C=O) groups is 2. The number of ether oxygens (including phenoxy) is 3. The summed E-state index contributed by atoms with van der Waals surface area (Å²) in [6, 6.07) is 1.96. The molecule has 9 nitrogen and oxygen atoms in total. The van der Waals surface area contributed by atoms with Gasteiger partial charge in [-0.2, -0.15) is 4.90 Å². The van der Waals surface area contributed by atoms with Crippen molar-refractivity contribution in [1.82, 2.24) is 9.97 Å². The quantitative estimate of drug-likeness (QED) is 0.432. The molecule has 12 heteroatoms. The largest absolute Gasteiger partial charge is 0.495 e. The number of benzene rings is 1. The van der Waals surface area contributed by atoms with Crippen LogP contribution in [0.4, 0.5) is 21.1 Å². The maximum atomic E-state index is 13.6. The Kier molecular flexibility index (Phi) is 8.62. The monoisotopic (exact) mass is 518 g/mol. The molecule has 1 aromatic heterocycles. The van der Waals surface area contributed by atoms with Gasteiger partial charge in [0.25, 0.3) is 0 Å². The minimum absolute atomic E-state index is 0.0807. The van der Waals surface area contributed by atoms with Crippen LogP contribution in [-0.2, 0) is 4.74 Å². The predicted molar refractivity (Wildman–Crippen MR) is 128 cm³/mol. The molecular formula is C21H25Cl3N4O5. The van der Waals surface area contributed by atoms with Crippen molar-refractivity contribution in [2.24, 2.45) is 0 Å². The molecule has 33 heavy (non-hydrogen) atoms.